The van der Waals surface area contributed by atoms with Crippen molar-refractivity contribution in [2.24, 2.45) is 0 Å². The van der Waals surface area contributed by atoms with Crippen LogP contribution in [0.25, 0.3) is 0 Å². The van der Waals surface area contributed by atoms with Crippen LogP contribution in [0.2, 0.25) is 10.0 Å². The first-order valence-corrected chi connectivity index (χ1v) is 7.64. The van der Waals surface area contributed by atoms with Gasteiger partial charge in [0.25, 0.3) is 0 Å². The number of ether oxygens (including phenoxy) is 1. The van der Waals surface area contributed by atoms with Crippen molar-refractivity contribution in [3.63, 3.8) is 0 Å². The second-order valence-electron chi connectivity index (χ2n) is 5.06. The van der Waals surface area contributed by atoms with Crippen LogP contribution < -0.4 is 4.74 Å². The summed E-state index contributed by atoms with van der Waals surface area (Å²) < 4.78 is 5.72. The van der Waals surface area contributed by atoms with Gasteiger partial charge in [0.15, 0.2) is 0 Å². The molecule has 0 saturated carbocycles. The molecule has 0 saturated heterocycles. The molecule has 2 aromatic rings. The molecule has 2 rings (SSSR count). The Kier molecular flexibility index (Phi) is 5.92. The number of benzene rings is 2. The molecule has 0 aromatic heterocycles. The van der Waals surface area contributed by atoms with E-state index in [1.165, 1.54) is 5.56 Å². The van der Waals surface area contributed by atoms with E-state index < -0.39 is 0 Å². The Labute approximate surface area is 135 Å². The molecule has 4 heteroatoms. The van der Waals surface area contributed by atoms with Gasteiger partial charge in [0.1, 0.15) is 12.4 Å². The van der Waals surface area contributed by atoms with Crippen LogP contribution in [0.5, 0.6) is 5.75 Å². The van der Waals surface area contributed by atoms with Crippen LogP contribution in [0.1, 0.15) is 24.5 Å². The lowest BCUT2D eigenvalue weighted by Gasteiger charge is -2.09. The minimum atomic E-state index is -0.270. The normalized spacial score (nSPS) is 12.2. The quantitative estimate of drug-likeness (QED) is 0.820. The molecule has 21 heavy (non-hydrogen) atoms. The van der Waals surface area contributed by atoms with Crippen molar-refractivity contribution in [3.05, 3.63) is 63.6 Å². The van der Waals surface area contributed by atoms with Crippen molar-refractivity contribution in [2.75, 3.05) is 0 Å². The molecular weight excluding hydrogens is 307 g/mol. The molecule has 0 aliphatic heterocycles. The van der Waals surface area contributed by atoms with E-state index in [4.69, 9.17) is 27.9 Å². The third kappa shape index (κ3) is 5.24. The fraction of sp³-hybridized carbons (Fsp3) is 0.294. The smallest absolute Gasteiger partial charge is 0.119 e. The van der Waals surface area contributed by atoms with Crippen LogP contribution in [-0.2, 0) is 13.0 Å². The highest BCUT2D eigenvalue weighted by Crippen LogP contribution is 2.23. The molecule has 0 amide bonds. The van der Waals surface area contributed by atoms with Crippen LogP contribution in [0.4, 0.5) is 0 Å². The lowest BCUT2D eigenvalue weighted by atomic mass is 10.1. The minimum Gasteiger partial charge on any atom is -0.489 e. The first-order valence-electron chi connectivity index (χ1n) is 6.88. The standard InChI is InChI=1S/C17H18Cl2O2/c1-12(20)2-3-13-4-8-16(9-5-13)21-11-14-6-7-15(18)10-17(14)19/h4-10,12,20H,2-3,11H2,1H3. The summed E-state index contributed by atoms with van der Waals surface area (Å²) in [6.45, 7) is 2.20. The molecule has 2 aromatic carbocycles. The summed E-state index contributed by atoms with van der Waals surface area (Å²) in [5.41, 5.74) is 2.09. The highest BCUT2D eigenvalue weighted by atomic mass is 35.5. The Morgan fingerprint density at radius 2 is 1.81 bits per heavy atom. The van der Waals surface area contributed by atoms with Crippen LogP contribution in [-0.4, -0.2) is 11.2 Å². The molecule has 1 N–H and O–H groups in total. The summed E-state index contributed by atoms with van der Waals surface area (Å²) in [4.78, 5) is 0. The summed E-state index contributed by atoms with van der Waals surface area (Å²) >= 11 is 12.0. The molecule has 0 spiro atoms. The summed E-state index contributed by atoms with van der Waals surface area (Å²) in [6.07, 6.45) is 1.36. The number of aryl methyl sites for hydroxylation is 1. The van der Waals surface area contributed by atoms with Gasteiger partial charge in [-0.25, -0.2) is 0 Å². The summed E-state index contributed by atoms with van der Waals surface area (Å²) in [5, 5.41) is 10.5. The molecule has 0 radical (unpaired) electrons. The zero-order valence-corrected chi connectivity index (χ0v) is 13.4. The van der Waals surface area contributed by atoms with Gasteiger partial charge in [-0.15, -0.1) is 0 Å². The van der Waals surface area contributed by atoms with Crippen molar-refractivity contribution < 1.29 is 9.84 Å². The van der Waals surface area contributed by atoms with Crippen LogP contribution in [0.3, 0.4) is 0 Å². The van der Waals surface area contributed by atoms with Crippen LogP contribution in [0, 0.1) is 0 Å². The first kappa shape index (κ1) is 16.2. The number of hydrogen-bond acceptors (Lipinski definition) is 2. The molecule has 0 fully saturated rings. The average molecular weight is 325 g/mol. The fourth-order valence-corrected chi connectivity index (χ4v) is 2.39. The number of aliphatic hydroxyl groups excluding tert-OH is 1. The maximum absolute atomic E-state index is 9.28. The molecule has 0 heterocycles. The number of hydrogen-bond donors (Lipinski definition) is 1. The van der Waals surface area contributed by atoms with E-state index >= 15 is 0 Å². The van der Waals surface area contributed by atoms with Crippen molar-refractivity contribution in [3.8, 4) is 5.75 Å². The van der Waals surface area contributed by atoms with E-state index in [-0.39, 0.29) is 6.10 Å². The zero-order valence-electron chi connectivity index (χ0n) is 11.9. The number of rotatable bonds is 6. The fourth-order valence-electron chi connectivity index (χ4n) is 1.93. The molecule has 0 aliphatic carbocycles. The van der Waals surface area contributed by atoms with Gasteiger partial charge in [0.2, 0.25) is 0 Å². The van der Waals surface area contributed by atoms with E-state index in [0.717, 1.165) is 24.2 Å². The molecule has 2 nitrogen and oxygen atoms in total. The van der Waals surface area contributed by atoms with Gasteiger partial charge >= 0.3 is 0 Å². The summed E-state index contributed by atoms with van der Waals surface area (Å²) in [7, 11) is 0. The lowest BCUT2D eigenvalue weighted by molar-refractivity contribution is 0.185. The van der Waals surface area contributed by atoms with Gasteiger partial charge in [-0.1, -0.05) is 41.4 Å². The largest absolute Gasteiger partial charge is 0.489 e. The predicted octanol–water partition coefficient (Wildman–Crippen LogP) is 4.89. The van der Waals surface area contributed by atoms with E-state index in [1.54, 1.807) is 19.1 Å². The first-order chi connectivity index (χ1) is 10.0. The Morgan fingerprint density at radius 3 is 2.43 bits per heavy atom. The lowest BCUT2D eigenvalue weighted by Crippen LogP contribution is -2.01. The van der Waals surface area contributed by atoms with Crippen molar-refractivity contribution >= 4 is 23.2 Å². The van der Waals surface area contributed by atoms with Gasteiger partial charge < -0.3 is 9.84 Å². The average Bonchev–Trinajstić information content (AvgIpc) is 2.45. The molecule has 0 aliphatic rings. The van der Waals surface area contributed by atoms with Gasteiger partial charge in [-0.3, -0.25) is 0 Å². The highest BCUT2D eigenvalue weighted by molar-refractivity contribution is 6.35. The third-order valence-electron chi connectivity index (χ3n) is 3.18. The van der Waals surface area contributed by atoms with E-state index in [2.05, 4.69) is 0 Å². The van der Waals surface area contributed by atoms with Crippen molar-refractivity contribution in [2.45, 2.75) is 32.5 Å². The Morgan fingerprint density at radius 1 is 1.10 bits per heavy atom. The van der Waals surface area contributed by atoms with Gasteiger partial charge in [0.05, 0.1) is 6.10 Å². The highest BCUT2D eigenvalue weighted by Gasteiger charge is 2.03. The van der Waals surface area contributed by atoms with Gasteiger partial charge in [0, 0.05) is 15.6 Å². The number of aliphatic hydroxyl groups is 1. The van der Waals surface area contributed by atoms with E-state index in [9.17, 15) is 5.11 Å². The van der Waals surface area contributed by atoms with Gasteiger partial charge in [-0.2, -0.15) is 0 Å². The third-order valence-corrected chi connectivity index (χ3v) is 3.77. The second kappa shape index (κ2) is 7.69. The minimum absolute atomic E-state index is 0.270. The SMILES string of the molecule is CC(O)CCc1ccc(OCc2ccc(Cl)cc2Cl)cc1. The van der Waals surface area contributed by atoms with E-state index in [0.29, 0.717) is 16.7 Å². The predicted molar refractivity (Wildman–Crippen MR) is 87.2 cm³/mol. The Bertz CT molecular complexity index is 580. The maximum atomic E-state index is 9.28. The topological polar surface area (TPSA) is 29.5 Å². The summed E-state index contributed by atoms with van der Waals surface area (Å²) in [6, 6.07) is 13.3. The second-order valence-corrected chi connectivity index (χ2v) is 5.90. The van der Waals surface area contributed by atoms with Crippen LogP contribution >= 0.6 is 23.2 Å². The molecule has 0 bridgehead atoms. The van der Waals surface area contributed by atoms with Crippen molar-refractivity contribution in [1.29, 1.82) is 0 Å². The van der Waals surface area contributed by atoms with E-state index in [1.807, 2.05) is 30.3 Å². The summed E-state index contributed by atoms with van der Waals surface area (Å²) in [5.74, 6) is 0.793. The number of halogens is 2. The monoisotopic (exact) mass is 324 g/mol. The maximum Gasteiger partial charge on any atom is 0.119 e. The van der Waals surface area contributed by atoms with Crippen LogP contribution in [0.15, 0.2) is 42.5 Å². The molecule has 1 unspecified atom stereocenters. The molecular formula is C17H18Cl2O2. The Balaban J connectivity index is 1.91. The van der Waals surface area contributed by atoms with Gasteiger partial charge in [-0.05, 0) is 49.6 Å². The zero-order chi connectivity index (χ0) is 15.2. The molecule has 112 valence electrons. The Hall–Kier alpha value is -1.22. The van der Waals surface area contributed by atoms with Crippen molar-refractivity contribution in [1.82, 2.24) is 0 Å². The molecule has 1 atom stereocenters.